The molecule has 0 saturated carbocycles. The number of methoxy groups -OCH3 is 3. The fourth-order valence-electron chi connectivity index (χ4n) is 5.47. The zero-order valence-electron chi connectivity index (χ0n) is 22.0. The van der Waals surface area contributed by atoms with Crippen molar-refractivity contribution in [1.82, 2.24) is 14.7 Å². The number of carbonyl (C=O) groups is 2. The van der Waals surface area contributed by atoms with Gasteiger partial charge in [-0.15, -0.1) is 0 Å². The average Bonchev–Trinajstić information content (AvgIpc) is 2.93. The first-order valence-corrected chi connectivity index (χ1v) is 12.7. The van der Waals surface area contributed by atoms with Crippen LogP contribution in [0.15, 0.2) is 36.4 Å². The lowest BCUT2D eigenvalue weighted by molar-refractivity contribution is -0.136. The van der Waals surface area contributed by atoms with Crippen LogP contribution in [0.2, 0.25) is 0 Å². The third-order valence-electron chi connectivity index (χ3n) is 7.33. The van der Waals surface area contributed by atoms with Crippen LogP contribution in [0.1, 0.15) is 53.7 Å². The SMILES string of the molecule is CCCN1C(=O)c2ccccc2[C@@H](C(=O)N2CCN(CC)CC2)[C@@H]1c1cc(OC)c(OC)c(OC)c1. The van der Waals surface area contributed by atoms with E-state index in [1.54, 1.807) is 21.3 Å². The fraction of sp³-hybridized carbons (Fsp3) is 0.500. The lowest BCUT2D eigenvalue weighted by atomic mass is 9.78. The molecule has 194 valence electrons. The molecule has 0 unspecified atom stereocenters. The standard InChI is InChI=1S/C28H37N3O5/c1-6-12-31-25(19-17-22(34-3)26(36-5)23(18-19)35-4)24(20-10-8-9-11-21(20)27(31)32)28(33)30-15-13-29(7-2)14-16-30/h8-11,17-18,24-25H,6-7,12-16H2,1-5H3/t24-,25+/m1/s1. The van der Waals surface area contributed by atoms with Crippen molar-refractivity contribution in [2.24, 2.45) is 0 Å². The lowest BCUT2D eigenvalue weighted by Gasteiger charge is -2.44. The van der Waals surface area contributed by atoms with Gasteiger partial charge in [0.1, 0.15) is 0 Å². The van der Waals surface area contributed by atoms with Gasteiger partial charge in [0.15, 0.2) is 11.5 Å². The number of ether oxygens (including phenoxy) is 3. The molecule has 0 radical (unpaired) electrons. The Morgan fingerprint density at radius 3 is 2.14 bits per heavy atom. The Morgan fingerprint density at radius 1 is 0.944 bits per heavy atom. The molecule has 4 rings (SSSR count). The molecule has 0 bridgehead atoms. The minimum atomic E-state index is -0.540. The monoisotopic (exact) mass is 495 g/mol. The van der Waals surface area contributed by atoms with Crippen molar-refractivity contribution in [2.45, 2.75) is 32.2 Å². The summed E-state index contributed by atoms with van der Waals surface area (Å²) < 4.78 is 16.8. The molecule has 2 aromatic rings. The van der Waals surface area contributed by atoms with Gasteiger partial charge in [-0.3, -0.25) is 9.59 Å². The van der Waals surface area contributed by atoms with E-state index in [1.165, 1.54) is 0 Å². The maximum atomic E-state index is 14.3. The summed E-state index contributed by atoms with van der Waals surface area (Å²) in [5, 5.41) is 0. The van der Waals surface area contributed by atoms with Gasteiger partial charge in [0, 0.05) is 38.3 Å². The topological polar surface area (TPSA) is 71.6 Å². The van der Waals surface area contributed by atoms with Crippen molar-refractivity contribution >= 4 is 11.8 Å². The van der Waals surface area contributed by atoms with Gasteiger partial charge in [-0.2, -0.15) is 0 Å². The van der Waals surface area contributed by atoms with E-state index >= 15 is 0 Å². The van der Waals surface area contributed by atoms with Crippen LogP contribution in [0.3, 0.4) is 0 Å². The van der Waals surface area contributed by atoms with Crippen LogP contribution in [0.5, 0.6) is 17.2 Å². The summed E-state index contributed by atoms with van der Waals surface area (Å²) in [5.41, 5.74) is 2.16. The second-order valence-corrected chi connectivity index (χ2v) is 9.23. The molecule has 8 heteroatoms. The smallest absolute Gasteiger partial charge is 0.254 e. The van der Waals surface area contributed by atoms with Crippen molar-refractivity contribution in [1.29, 1.82) is 0 Å². The van der Waals surface area contributed by atoms with Gasteiger partial charge in [-0.05, 0) is 42.3 Å². The van der Waals surface area contributed by atoms with Gasteiger partial charge < -0.3 is 28.9 Å². The molecule has 2 atom stereocenters. The van der Waals surface area contributed by atoms with E-state index in [-0.39, 0.29) is 11.8 Å². The Hall–Kier alpha value is -3.26. The summed E-state index contributed by atoms with van der Waals surface area (Å²) in [6.07, 6.45) is 0.769. The zero-order chi connectivity index (χ0) is 25.8. The number of benzene rings is 2. The molecule has 2 aliphatic rings. The van der Waals surface area contributed by atoms with E-state index in [9.17, 15) is 9.59 Å². The number of hydrogen-bond donors (Lipinski definition) is 0. The van der Waals surface area contributed by atoms with Crippen LogP contribution in [0.25, 0.3) is 0 Å². The summed E-state index contributed by atoms with van der Waals surface area (Å²) in [7, 11) is 4.70. The number of piperazine rings is 1. The van der Waals surface area contributed by atoms with Gasteiger partial charge in [0.25, 0.3) is 5.91 Å². The molecule has 2 heterocycles. The van der Waals surface area contributed by atoms with Crippen LogP contribution < -0.4 is 14.2 Å². The number of rotatable bonds is 8. The highest BCUT2D eigenvalue weighted by molar-refractivity contribution is 6.01. The van der Waals surface area contributed by atoms with E-state index in [4.69, 9.17) is 14.2 Å². The van der Waals surface area contributed by atoms with Crippen molar-refractivity contribution < 1.29 is 23.8 Å². The summed E-state index contributed by atoms with van der Waals surface area (Å²) >= 11 is 0. The quantitative estimate of drug-likeness (QED) is 0.558. The molecular weight excluding hydrogens is 458 g/mol. The zero-order valence-corrected chi connectivity index (χ0v) is 22.0. The minimum absolute atomic E-state index is 0.0468. The van der Waals surface area contributed by atoms with E-state index in [1.807, 2.05) is 53.1 Å². The molecule has 2 amide bonds. The number of nitrogens with zero attached hydrogens (tertiary/aromatic N) is 3. The van der Waals surface area contributed by atoms with Crippen LogP contribution in [-0.4, -0.2) is 87.1 Å². The van der Waals surface area contributed by atoms with Crippen molar-refractivity contribution in [3.63, 3.8) is 0 Å². The molecule has 2 aliphatic heterocycles. The number of hydrogen-bond acceptors (Lipinski definition) is 6. The molecule has 0 N–H and O–H groups in total. The van der Waals surface area contributed by atoms with E-state index in [0.717, 1.165) is 37.2 Å². The molecule has 8 nitrogen and oxygen atoms in total. The van der Waals surface area contributed by atoms with E-state index in [2.05, 4.69) is 11.8 Å². The Labute approximate surface area is 213 Å². The molecule has 2 aromatic carbocycles. The number of amides is 2. The van der Waals surface area contributed by atoms with E-state index in [0.29, 0.717) is 42.4 Å². The first-order valence-electron chi connectivity index (χ1n) is 12.7. The Balaban J connectivity index is 1.87. The minimum Gasteiger partial charge on any atom is -0.493 e. The van der Waals surface area contributed by atoms with Crippen LogP contribution in [0, 0.1) is 0 Å². The summed E-state index contributed by atoms with van der Waals surface area (Å²) in [4.78, 5) is 34.2. The van der Waals surface area contributed by atoms with Crippen LogP contribution in [-0.2, 0) is 4.79 Å². The van der Waals surface area contributed by atoms with Crippen LogP contribution >= 0.6 is 0 Å². The second-order valence-electron chi connectivity index (χ2n) is 9.23. The van der Waals surface area contributed by atoms with Crippen molar-refractivity contribution in [3.8, 4) is 17.2 Å². The fourth-order valence-corrected chi connectivity index (χ4v) is 5.47. The van der Waals surface area contributed by atoms with Gasteiger partial charge in [-0.25, -0.2) is 0 Å². The summed E-state index contributed by atoms with van der Waals surface area (Å²) in [6, 6.07) is 10.8. The predicted molar refractivity (Wildman–Crippen MR) is 138 cm³/mol. The number of fused-ring (bicyclic) bond motifs is 1. The average molecular weight is 496 g/mol. The summed E-state index contributed by atoms with van der Waals surface area (Å²) in [6.45, 7) is 8.74. The van der Waals surface area contributed by atoms with E-state index < -0.39 is 12.0 Å². The summed E-state index contributed by atoms with van der Waals surface area (Å²) in [5.74, 6) is 0.916. The van der Waals surface area contributed by atoms with Gasteiger partial charge in [0.2, 0.25) is 11.7 Å². The lowest BCUT2D eigenvalue weighted by Crippen LogP contribution is -2.53. The molecule has 0 aromatic heterocycles. The van der Waals surface area contributed by atoms with Gasteiger partial charge >= 0.3 is 0 Å². The molecule has 0 aliphatic carbocycles. The Bertz CT molecular complexity index is 1070. The van der Waals surface area contributed by atoms with Gasteiger partial charge in [-0.1, -0.05) is 32.0 Å². The highest BCUT2D eigenvalue weighted by Crippen LogP contribution is 2.48. The molecule has 0 spiro atoms. The normalized spacial score (nSPS) is 20.2. The first kappa shape index (κ1) is 25.8. The predicted octanol–water partition coefficient (Wildman–Crippen LogP) is 3.57. The third kappa shape index (κ3) is 4.62. The molecule has 36 heavy (non-hydrogen) atoms. The molecule has 1 fully saturated rings. The Morgan fingerprint density at radius 2 is 1.58 bits per heavy atom. The van der Waals surface area contributed by atoms with Crippen molar-refractivity contribution in [2.75, 3.05) is 60.6 Å². The molecule has 1 saturated heterocycles. The maximum absolute atomic E-state index is 14.3. The maximum Gasteiger partial charge on any atom is 0.254 e. The first-order chi connectivity index (χ1) is 17.5. The van der Waals surface area contributed by atoms with Crippen LogP contribution in [0.4, 0.5) is 0 Å². The third-order valence-corrected chi connectivity index (χ3v) is 7.33. The largest absolute Gasteiger partial charge is 0.493 e. The Kier molecular flexibility index (Phi) is 8.04. The van der Waals surface area contributed by atoms with Crippen molar-refractivity contribution in [3.05, 3.63) is 53.1 Å². The van der Waals surface area contributed by atoms with Gasteiger partial charge in [0.05, 0.1) is 33.3 Å². The number of likely N-dealkylation sites (N-methyl/N-ethyl adjacent to an activating group) is 1. The highest BCUT2D eigenvalue weighted by atomic mass is 16.5. The second kappa shape index (κ2) is 11.2. The highest BCUT2D eigenvalue weighted by Gasteiger charge is 2.46. The number of carbonyl (C=O) groups excluding carboxylic acids is 2. The molecular formula is C28H37N3O5.